The second-order valence-corrected chi connectivity index (χ2v) is 5.06. The van der Waals surface area contributed by atoms with Crippen LogP contribution in [0.5, 0.6) is 5.75 Å². The highest BCUT2D eigenvalue weighted by Crippen LogP contribution is 2.19. The first-order valence-corrected chi connectivity index (χ1v) is 6.53. The van der Waals surface area contributed by atoms with Crippen LogP contribution in [0, 0.1) is 0 Å². The third kappa shape index (κ3) is 3.05. The van der Waals surface area contributed by atoms with Crippen molar-refractivity contribution in [3.05, 3.63) is 40.2 Å². The van der Waals surface area contributed by atoms with Gasteiger partial charge in [-0.2, -0.15) is 0 Å². The Balaban J connectivity index is 2.69. The van der Waals surface area contributed by atoms with Gasteiger partial charge in [0.15, 0.2) is 0 Å². The molecule has 2 rings (SSSR count). The van der Waals surface area contributed by atoms with E-state index in [9.17, 15) is 14.7 Å². The maximum absolute atomic E-state index is 12.2. The average Bonchev–Trinajstić information content (AvgIpc) is 2.45. The molecule has 0 saturated heterocycles. The summed E-state index contributed by atoms with van der Waals surface area (Å²) in [6.45, 7) is 1.31. The molecule has 0 aliphatic heterocycles. The highest BCUT2D eigenvalue weighted by atomic mass is 16.5. The second kappa shape index (κ2) is 5.97. The highest BCUT2D eigenvalue weighted by molar-refractivity contribution is 5.92. The van der Waals surface area contributed by atoms with Crippen molar-refractivity contribution >= 4 is 16.9 Å². The molecule has 0 amide bonds. The predicted molar refractivity (Wildman–Crippen MR) is 80.3 cm³/mol. The number of carboxylic acids is 1. The van der Waals surface area contributed by atoms with Crippen molar-refractivity contribution in [2.24, 2.45) is 0 Å². The maximum atomic E-state index is 12.2. The van der Waals surface area contributed by atoms with Crippen molar-refractivity contribution in [3.63, 3.8) is 0 Å². The largest absolute Gasteiger partial charge is 0.497 e. The van der Waals surface area contributed by atoms with Crippen LogP contribution >= 0.6 is 0 Å². The van der Waals surface area contributed by atoms with E-state index < -0.39 is 11.4 Å². The van der Waals surface area contributed by atoms with Crippen LogP contribution < -0.4 is 10.2 Å². The van der Waals surface area contributed by atoms with Crippen LogP contribution in [0.1, 0.15) is 10.4 Å². The van der Waals surface area contributed by atoms with Gasteiger partial charge in [0.2, 0.25) is 5.43 Å². The molecule has 1 heterocycles. The molecule has 1 aromatic heterocycles. The SMILES string of the molecule is COc1ccc2c(=O)c(C(=O)O)cn(CCN(C)C)c2c1. The standard InChI is InChI=1S/C15H18N2O4/c1-16(2)6-7-17-9-12(15(19)20)14(18)11-5-4-10(21-3)8-13(11)17/h4-5,8-9H,6-7H2,1-3H3,(H,19,20). The van der Waals surface area contributed by atoms with Gasteiger partial charge >= 0.3 is 5.97 Å². The topological polar surface area (TPSA) is 71.8 Å². The second-order valence-electron chi connectivity index (χ2n) is 5.06. The van der Waals surface area contributed by atoms with Gasteiger partial charge in [-0.15, -0.1) is 0 Å². The fraction of sp³-hybridized carbons (Fsp3) is 0.333. The van der Waals surface area contributed by atoms with E-state index in [1.165, 1.54) is 6.20 Å². The molecule has 0 aliphatic rings. The Morgan fingerprint density at radius 3 is 2.67 bits per heavy atom. The first-order chi connectivity index (χ1) is 9.93. The zero-order valence-electron chi connectivity index (χ0n) is 12.3. The molecule has 1 aromatic carbocycles. The van der Waals surface area contributed by atoms with E-state index in [1.54, 1.807) is 29.9 Å². The molecule has 0 unspecified atom stereocenters. The summed E-state index contributed by atoms with van der Waals surface area (Å²) in [5.74, 6) is -0.583. The molecule has 1 N–H and O–H groups in total. The van der Waals surface area contributed by atoms with Gasteiger partial charge in [0.05, 0.1) is 12.6 Å². The van der Waals surface area contributed by atoms with Gasteiger partial charge in [-0.05, 0) is 26.2 Å². The Kier molecular flexibility index (Phi) is 4.28. The number of hydrogen-bond donors (Lipinski definition) is 1. The minimum Gasteiger partial charge on any atom is -0.497 e. The molecule has 21 heavy (non-hydrogen) atoms. The number of likely N-dealkylation sites (N-methyl/N-ethyl adjacent to an activating group) is 1. The van der Waals surface area contributed by atoms with E-state index in [4.69, 9.17) is 4.74 Å². The highest BCUT2D eigenvalue weighted by Gasteiger charge is 2.15. The van der Waals surface area contributed by atoms with Crippen molar-refractivity contribution in [2.75, 3.05) is 27.7 Å². The first-order valence-electron chi connectivity index (χ1n) is 6.53. The number of hydrogen-bond acceptors (Lipinski definition) is 4. The Bertz CT molecular complexity index is 734. The van der Waals surface area contributed by atoms with Gasteiger partial charge in [0.25, 0.3) is 0 Å². The molecule has 0 atom stereocenters. The van der Waals surface area contributed by atoms with E-state index in [0.29, 0.717) is 23.2 Å². The van der Waals surface area contributed by atoms with Crippen LogP contribution in [0.25, 0.3) is 10.9 Å². The number of aromatic nitrogens is 1. The molecule has 0 radical (unpaired) electrons. The Morgan fingerprint density at radius 1 is 1.38 bits per heavy atom. The molecule has 6 nitrogen and oxygen atoms in total. The van der Waals surface area contributed by atoms with Gasteiger partial charge in [-0.25, -0.2) is 4.79 Å². The van der Waals surface area contributed by atoms with Crippen LogP contribution in [-0.4, -0.2) is 48.3 Å². The number of carboxylic acid groups (broad SMARTS) is 1. The lowest BCUT2D eigenvalue weighted by atomic mass is 10.1. The van der Waals surface area contributed by atoms with E-state index >= 15 is 0 Å². The van der Waals surface area contributed by atoms with Crippen LogP contribution in [0.4, 0.5) is 0 Å². The van der Waals surface area contributed by atoms with E-state index in [2.05, 4.69) is 0 Å². The van der Waals surface area contributed by atoms with Crippen molar-refractivity contribution in [1.82, 2.24) is 9.47 Å². The normalized spacial score (nSPS) is 11.0. The predicted octanol–water partition coefficient (Wildman–Crippen LogP) is 1.27. The van der Waals surface area contributed by atoms with E-state index in [0.717, 1.165) is 6.54 Å². The molecule has 0 spiro atoms. The summed E-state index contributed by atoms with van der Waals surface area (Å²) in [7, 11) is 5.42. The number of rotatable bonds is 5. The molecule has 6 heteroatoms. The number of ether oxygens (including phenoxy) is 1. The zero-order valence-corrected chi connectivity index (χ0v) is 12.3. The molecule has 0 saturated carbocycles. The number of carbonyl (C=O) groups is 1. The smallest absolute Gasteiger partial charge is 0.341 e. The molecular weight excluding hydrogens is 272 g/mol. The molecule has 0 aliphatic carbocycles. The van der Waals surface area contributed by atoms with E-state index in [1.807, 2.05) is 19.0 Å². The number of nitrogens with zero attached hydrogens (tertiary/aromatic N) is 2. The number of benzene rings is 1. The molecule has 0 fully saturated rings. The first kappa shape index (κ1) is 15.1. The van der Waals surface area contributed by atoms with Gasteiger partial charge in [-0.3, -0.25) is 4.79 Å². The number of pyridine rings is 1. The van der Waals surface area contributed by atoms with Crippen molar-refractivity contribution in [1.29, 1.82) is 0 Å². The summed E-state index contributed by atoms with van der Waals surface area (Å²) >= 11 is 0. The van der Waals surface area contributed by atoms with Crippen LogP contribution in [-0.2, 0) is 6.54 Å². The number of methoxy groups -OCH3 is 1. The summed E-state index contributed by atoms with van der Waals surface area (Å²) in [5, 5.41) is 9.56. The van der Waals surface area contributed by atoms with Gasteiger partial charge in [-0.1, -0.05) is 0 Å². The average molecular weight is 290 g/mol. The Labute approximate surface area is 122 Å². The van der Waals surface area contributed by atoms with Crippen LogP contribution in [0.3, 0.4) is 0 Å². The molecule has 2 aromatic rings. The quantitative estimate of drug-likeness (QED) is 0.898. The van der Waals surface area contributed by atoms with Crippen molar-refractivity contribution in [3.8, 4) is 5.75 Å². The maximum Gasteiger partial charge on any atom is 0.341 e. The Hall–Kier alpha value is -2.34. The third-order valence-electron chi connectivity index (χ3n) is 3.31. The lowest BCUT2D eigenvalue weighted by Crippen LogP contribution is -2.23. The summed E-state index contributed by atoms with van der Waals surface area (Å²) in [4.78, 5) is 25.4. The van der Waals surface area contributed by atoms with Crippen LogP contribution in [0.2, 0.25) is 0 Å². The lowest BCUT2D eigenvalue weighted by molar-refractivity contribution is 0.0695. The summed E-state index contributed by atoms with van der Waals surface area (Å²) in [6, 6.07) is 5.01. The summed E-state index contributed by atoms with van der Waals surface area (Å²) < 4.78 is 6.96. The molecule has 0 bridgehead atoms. The fourth-order valence-corrected chi connectivity index (χ4v) is 2.14. The van der Waals surface area contributed by atoms with Crippen molar-refractivity contribution in [2.45, 2.75) is 6.54 Å². The number of aromatic carboxylic acids is 1. The third-order valence-corrected chi connectivity index (χ3v) is 3.31. The lowest BCUT2D eigenvalue weighted by Gasteiger charge is -2.16. The molecular formula is C15H18N2O4. The van der Waals surface area contributed by atoms with Crippen molar-refractivity contribution < 1.29 is 14.6 Å². The minimum atomic E-state index is -1.21. The Morgan fingerprint density at radius 2 is 2.10 bits per heavy atom. The zero-order chi connectivity index (χ0) is 15.6. The van der Waals surface area contributed by atoms with Crippen LogP contribution in [0.15, 0.2) is 29.2 Å². The summed E-state index contributed by atoms with van der Waals surface area (Å²) in [6.07, 6.45) is 1.40. The summed E-state index contributed by atoms with van der Waals surface area (Å²) in [5.41, 5.74) is -0.0149. The minimum absolute atomic E-state index is 0.216. The van der Waals surface area contributed by atoms with Gasteiger partial charge < -0.3 is 19.3 Å². The van der Waals surface area contributed by atoms with Gasteiger partial charge in [0, 0.05) is 30.7 Å². The monoisotopic (exact) mass is 290 g/mol. The molecule has 112 valence electrons. The van der Waals surface area contributed by atoms with Gasteiger partial charge in [0.1, 0.15) is 11.3 Å². The number of fused-ring (bicyclic) bond motifs is 1. The fourth-order valence-electron chi connectivity index (χ4n) is 2.14. The van der Waals surface area contributed by atoms with E-state index in [-0.39, 0.29) is 5.56 Å².